The molecule has 0 radical (unpaired) electrons. The maximum atomic E-state index is 10.5. The molecule has 1 aromatic carbocycles. The first-order chi connectivity index (χ1) is 6.59. The molecule has 0 heterocycles. The highest BCUT2D eigenvalue weighted by Gasteiger charge is 2.08. The predicted octanol–water partition coefficient (Wildman–Crippen LogP) is 1.90. The van der Waals surface area contributed by atoms with Gasteiger partial charge in [-0.05, 0) is 24.6 Å². The Morgan fingerprint density at radius 3 is 2.57 bits per heavy atom. The Hall–Kier alpha value is -1.06. The van der Waals surface area contributed by atoms with Crippen LogP contribution in [0.15, 0.2) is 24.3 Å². The molecule has 0 aromatic heterocycles. The molecule has 1 rings (SSSR count). The van der Waals surface area contributed by atoms with Crippen molar-refractivity contribution in [3.05, 3.63) is 34.9 Å². The lowest BCUT2D eigenvalue weighted by Crippen LogP contribution is -2.33. The van der Waals surface area contributed by atoms with Crippen LogP contribution in [0.4, 0.5) is 0 Å². The van der Waals surface area contributed by atoms with Gasteiger partial charge < -0.3 is 10.4 Å². The molecule has 3 nitrogen and oxygen atoms in total. The van der Waals surface area contributed by atoms with Crippen LogP contribution in [0.3, 0.4) is 0 Å². The highest BCUT2D eigenvalue weighted by Crippen LogP contribution is 2.09. The van der Waals surface area contributed by atoms with Crippen LogP contribution in [0, 0.1) is 0 Å². The van der Waals surface area contributed by atoms with E-state index in [4.69, 9.17) is 16.7 Å². The van der Waals surface area contributed by atoms with Gasteiger partial charge in [0.2, 0.25) is 0 Å². The normalized spacial score (nSPS) is 12.4. The van der Waals surface area contributed by atoms with Crippen molar-refractivity contribution in [2.24, 2.45) is 0 Å². The molecule has 1 aromatic rings. The summed E-state index contributed by atoms with van der Waals surface area (Å²) in [5.41, 5.74) is 1.02. The van der Waals surface area contributed by atoms with Gasteiger partial charge in [-0.1, -0.05) is 23.7 Å². The highest BCUT2D eigenvalue weighted by molar-refractivity contribution is 6.30. The van der Waals surface area contributed by atoms with Crippen molar-refractivity contribution < 1.29 is 9.90 Å². The maximum absolute atomic E-state index is 10.5. The van der Waals surface area contributed by atoms with E-state index in [9.17, 15) is 4.79 Å². The third-order valence-electron chi connectivity index (χ3n) is 1.90. The summed E-state index contributed by atoms with van der Waals surface area (Å²) < 4.78 is 0. The zero-order chi connectivity index (χ0) is 10.6. The summed E-state index contributed by atoms with van der Waals surface area (Å²) >= 11 is 5.71. The fraction of sp³-hybridized carbons (Fsp3) is 0.300. The summed E-state index contributed by atoms with van der Waals surface area (Å²) in [7, 11) is 0. The van der Waals surface area contributed by atoms with Crippen molar-refractivity contribution in [3.8, 4) is 0 Å². The van der Waals surface area contributed by atoms with E-state index in [0.717, 1.165) is 5.56 Å². The zero-order valence-corrected chi connectivity index (χ0v) is 8.58. The summed E-state index contributed by atoms with van der Waals surface area (Å²) in [6.07, 6.45) is 0. The van der Waals surface area contributed by atoms with E-state index >= 15 is 0 Å². The minimum atomic E-state index is -0.848. The molecule has 0 bridgehead atoms. The SMILES string of the molecule is C[C@H](NCc1ccc(Cl)cc1)C(=O)O. The third-order valence-corrected chi connectivity index (χ3v) is 2.15. The predicted molar refractivity (Wildman–Crippen MR) is 55.4 cm³/mol. The minimum absolute atomic E-state index is 0.532. The van der Waals surface area contributed by atoms with Gasteiger partial charge in [-0.3, -0.25) is 4.79 Å². The molecule has 0 spiro atoms. The molecule has 2 N–H and O–H groups in total. The number of carboxylic acids is 1. The lowest BCUT2D eigenvalue weighted by Gasteiger charge is -2.08. The number of aliphatic carboxylic acids is 1. The topological polar surface area (TPSA) is 49.3 Å². The first-order valence-electron chi connectivity index (χ1n) is 4.30. The van der Waals surface area contributed by atoms with Crippen molar-refractivity contribution in [3.63, 3.8) is 0 Å². The second-order valence-electron chi connectivity index (χ2n) is 3.07. The molecule has 0 aliphatic heterocycles. The summed E-state index contributed by atoms with van der Waals surface area (Å²) in [5, 5.41) is 12.2. The summed E-state index contributed by atoms with van der Waals surface area (Å²) in [6.45, 7) is 2.14. The lowest BCUT2D eigenvalue weighted by molar-refractivity contribution is -0.139. The van der Waals surface area contributed by atoms with Crippen molar-refractivity contribution >= 4 is 17.6 Å². The Morgan fingerprint density at radius 2 is 2.07 bits per heavy atom. The maximum Gasteiger partial charge on any atom is 0.320 e. The number of rotatable bonds is 4. The number of hydrogen-bond donors (Lipinski definition) is 2. The monoisotopic (exact) mass is 213 g/mol. The fourth-order valence-corrected chi connectivity index (χ4v) is 1.09. The molecule has 4 heteroatoms. The van der Waals surface area contributed by atoms with Crippen molar-refractivity contribution in [2.75, 3.05) is 0 Å². The Morgan fingerprint density at radius 1 is 1.50 bits per heavy atom. The second kappa shape index (κ2) is 4.98. The molecule has 0 aliphatic rings. The van der Waals surface area contributed by atoms with E-state index in [1.165, 1.54) is 0 Å². The van der Waals surface area contributed by atoms with Gasteiger partial charge in [0.15, 0.2) is 0 Å². The number of nitrogens with one attached hydrogen (secondary N) is 1. The van der Waals surface area contributed by atoms with E-state index in [0.29, 0.717) is 11.6 Å². The van der Waals surface area contributed by atoms with E-state index in [2.05, 4.69) is 5.32 Å². The van der Waals surface area contributed by atoms with E-state index < -0.39 is 12.0 Å². The zero-order valence-electron chi connectivity index (χ0n) is 7.83. The van der Waals surface area contributed by atoms with Crippen LogP contribution in [0.25, 0.3) is 0 Å². The van der Waals surface area contributed by atoms with Crippen LogP contribution >= 0.6 is 11.6 Å². The van der Waals surface area contributed by atoms with Gasteiger partial charge in [-0.2, -0.15) is 0 Å². The van der Waals surface area contributed by atoms with Crippen LogP contribution in [0.2, 0.25) is 5.02 Å². The van der Waals surface area contributed by atoms with Crippen LogP contribution in [0.1, 0.15) is 12.5 Å². The van der Waals surface area contributed by atoms with Crippen molar-refractivity contribution in [2.45, 2.75) is 19.5 Å². The smallest absolute Gasteiger partial charge is 0.320 e. The van der Waals surface area contributed by atoms with Crippen LogP contribution in [-0.4, -0.2) is 17.1 Å². The Bertz CT molecular complexity index is 310. The van der Waals surface area contributed by atoms with Crippen LogP contribution < -0.4 is 5.32 Å². The quantitative estimate of drug-likeness (QED) is 0.803. The fourth-order valence-electron chi connectivity index (χ4n) is 0.961. The molecule has 0 amide bonds. The molecule has 0 fully saturated rings. The summed E-state index contributed by atoms with van der Waals surface area (Å²) in [4.78, 5) is 10.5. The standard InChI is InChI=1S/C10H12ClNO2/c1-7(10(13)14)12-6-8-2-4-9(11)5-3-8/h2-5,7,12H,6H2,1H3,(H,13,14)/t7-/m0/s1. The Balaban J connectivity index is 2.46. The molecule has 0 aliphatic carbocycles. The molecule has 1 atom stereocenters. The largest absolute Gasteiger partial charge is 0.480 e. The second-order valence-corrected chi connectivity index (χ2v) is 3.50. The Kier molecular flexibility index (Phi) is 3.92. The minimum Gasteiger partial charge on any atom is -0.480 e. The van der Waals surface area contributed by atoms with E-state index in [1.54, 1.807) is 19.1 Å². The summed E-state index contributed by atoms with van der Waals surface area (Å²) in [6, 6.07) is 6.76. The molecule has 0 saturated carbocycles. The molecule has 14 heavy (non-hydrogen) atoms. The number of carbonyl (C=O) groups is 1. The number of benzene rings is 1. The molecule has 0 unspecified atom stereocenters. The van der Waals surface area contributed by atoms with Gasteiger partial charge in [0.25, 0.3) is 0 Å². The van der Waals surface area contributed by atoms with Gasteiger partial charge in [-0.25, -0.2) is 0 Å². The van der Waals surface area contributed by atoms with Crippen LogP contribution in [0.5, 0.6) is 0 Å². The molecular weight excluding hydrogens is 202 g/mol. The molecule has 76 valence electrons. The van der Waals surface area contributed by atoms with Gasteiger partial charge >= 0.3 is 5.97 Å². The number of hydrogen-bond acceptors (Lipinski definition) is 2. The van der Waals surface area contributed by atoms with E-state index in [-0.39, 0.29) is 0 Å². The lowest BCUT2D eigenvalue weighted by atomic mass is 10.2. The summed E-state index contributed by atoms with van der Waals surface area (Å²) in [5.74, 6) is -0.848. The van der Waals surface area contributed by atoms with E-state index in [1.807, 2.05) is 12.1 Å². The van der Waals surface area contributed by atoms with Gasteiger partial charge in [0.1, 0.15) is 6.04 Å². The first-order valence-corrected chi connectivity index (χ1v) is 4.68. The Labute approximate surface area is 87.7 Å². The first kappa shape index (κ1) is 11.0. The van der Waals surface area contributed by atoms with Gasteiger partial charge in [0.05, 0.1) is 0 Å². The third kappa shape index (κ3) is 3.36. The number of carboxylic acid groups (broad SMARTS) is 1. The van der Waals surface area contributed by atoms with Gasteiger partial charge in [-0.15, -0.1) is 0 Å². The molecular formula is C10H12ClNO2. The average molecular weight is 214 g/mol. The van der Waals surface area contributed by atoms with Crippen molar-refractivity contribution in [1.29, 1.82) is 0 Å². The van der Waals surface area contributed by atoms with Crippen molar-refractivity contribution in [1.82, 2.24) is 5.32 Å². The highest BCUT2D eigenvalue weighted by atomic mass is 35.5. The van der Waals surface area contributed by atoms with Crippen LogP contribution in [-0.2, 0) is 11.3 Å². The average Bonchev–Trinajstić information content (AvgIpc) is 2.16. The molecule has 0 saturated heterocycles. The number of halogens is 1. The van der Waals surface area contributed by atoms with Gasteiger partial charge in [0, 0.05) is 11.6 Å².